The van der Waals surface area contributed by atoms with Gasteiger partial charge in [0, 0.05) is 19.3 Å². The van der Waals surface area contributed by atoms with Gasteiger partial charge in [-0.25, -0.2) is 0 Å². The molecule has 0 aromatic carbocycles. The van der Waals surface area contributed by atoms with E-state index in [4.69, 9.17) is 14.2 Å². The molecule has 0 saturated carbocycles. The molecule has 0 heterocycles. The van der Waals surface area contributed by atoms with Crippen molar-refractivity contribution in [1.29, 1.82) is 0 Å². The minimum Gasteiger partial charge on any atom is -0.462 e. The third kappa shape index (κ3) is 50.0. The molecule has 63 heavy (non-hydrogen) atoms. The summed E-state index contributed by atoms with van der Waals surface area (Å²) >= 11 is 0. The van der Waals surface area contributed by atoms with Crippen LogP contribution in [-0.4, -0.2) is 37.2 Å². The zero-order valence-electron chi connectivity index (χ0n) is 41.6. The fourth-order valence-corrected chi connectivity index (χ4v) is 7.52. The molecule has 0 radical (unpaired) electrons. The van der Waals surface area contributed by atoms with Gasteiger partial charge < -0.3 is 14.2 Å². The quantitative estimate of drug-likeness (QED) is 0.0199. The van der Waals surface area contributed by atoms with Gasteiger partial charge in [0.05, 0.1) is 0 Å². The Hall–Kier alpha value is -2.89. The molecule has 0 saturated heterocycles. The minimum atomic E-state index is -0.792. The van der Waals surface area contributed by atoms with Gasteiger partial charge in [-0.3, -0.25) is 14.4 Å². The molecule has 0 rings (SSSR count). The van der Waals surface area contributed by atoms with Crippen LogP contribution in [0.4, 0.5) is 0 Å². The lowest BCUT2D eigenvalue weighted by Gasteiger charge is -2.18. The maximum atomic E-state index is 12.8. The second kappa shape index (κ2) is 51.7. The minimum absolute atomic E-state index is 0.0932. The largest absolute Gasteiger partial charge is 0.462 e. The Kier molecular flexibility index (Phi) is 49.4. The Morgan fingerprint density at radius 1 is 0.317 bits per heavy atom. The summed E-state index contributed by atoms with van der Waals surface area (Å²) in [5, 5.41) is 0. The molecular formula is C57H100O6. The summed E-state index contributed by atoms with van der Waals surface area (Å²) in [6, 6.07) is 0. The zero-order valence-corrected chi connectivity index (χ0v) is 41.6. The predicted molar refractivity (Wildman–Crippen MR) is 270 cm³/mol. The van der Waals surface area contributed by atoms with E-state index < -0.39 is 6.10 Å². The number of unbranched alkanes of at least 4 members (excludes halogenated alkanes) is 30. The smallest absolute Gasteiger partial charge is 0.306 e. The number of esters is 3. The van der Waals surface area contributed by atoms with Crippen molar-refractivity contribution in [2.45, 2.75) is 271 Å². The number of hydrogen-bond donors (Lipinski definition) is 0. The van der Waals surface area contributed by atoms with Crippen molar-refractivity contribution in [1.82, 2.24) is 0 Å². The van der Waals surface area contributed by atoms with E-state index in [1.165, 1.54) is 141 Å². The van der Waals surface area contributed by atoms with Crippen LogP contribution >= 0.6 is 0 Å². The Morgan fingerprint density at radius 2 is 0.603 bits per heavy atom. The van der Waals surface area contributed by atoms with Crippen LogP contribution in [0.1, 0.15) is 265 Å². The topological polar surface area (TPSA) is 78.9 Å². The van der Waals surface area contributed by atoms with Crippen molar-refractivity contribution in [2.75, 3.05) is 13.2 Å². The number of hydrogen-bond acceptors (Lipinski definition) is 6. The highest BCUT2D eigenvalue weighted by atomic mass is 16.6. The summed E-state index contributed by atoms with van der Waals surface area (Å²) in [4.78, 5) is 37.9. The molecule has 0 amide bonds. The second-order valence-corrected chi connectivity index (χ2v) is 17.9. The van der Waals surface area contributed by atoms with E-state index in [2.05, 4.69) is 81.5 Å². The lowest BCUT2D eigenvalue weighted by atomic mass is 10.0. The average Bonchev–Trinajstić information content (AvgIpc) is 3.28. The molecule has 6 nitrogen and oxygen atoms in total. The first-order chi connectivity index (χ1) is 31.0. The Bertz CT molecular complexity index is 1150. The fourth-order valence-electron chi connectivity index (χ4n) is 7.52. The van der Waals surface area contributed by atoms with E-state index in [9.17, 15) is 14.4 Å². The van der Waals surface area contributed by atoms with Gasteiger partial charge in [0.2, 0.25) is 0 Å². The molecule has 0 aliphatic rings. The zero-order chi connectivity index (χ0) is 45.8. The molecule has 0 aliphatic heterocycles. The van der Waals surface area contributed by atoms with Crippen LogP contribution in [0.5, 0.6) is 0 Å². The second-order valence-electron chi connectivity index (χ2n) is 17.9. The van der Waals surface area contributed by atoms with Crippen LogP contribution in [0, 0.1) is 0 Å². The van der Waals surface area contributed by atoms with Crippen molar-refractivity contribution < 1.29 is 28.6 Å². The summed E-state index contributed by atoms with van der Waals surface area (Å²) in [5.41, 5.74) is 0. The summed E-state index contributed by atoms with van der Waals surface area (Å²) in [7, 11) is 0. The highest BCUT2D eigenvalue weighted by molar-refractivity contribution is 5.71. The van der Waals surface area contributed by atoms with E-state index >= 15 is 0 Å². The SMILES string of the molecule is CCCCC\C=C/C=C\C=C/C=C\CCCCCCCC(=O)OCC(COC(=O)CCC/C=C\CCCCCC)OC(=O)CCCCCCCCCCCCCCCCCCCC. The van der Waals surface area contributed by atoms with E-state index in [1.54, 1.807) is 0 Å². The average molecular weight is 881 g/mol. The van der Waals surface area contributed by atoms with Crippen LogP contribution in [-0.2, 0) is 28.6 Å². The van der Waals surface area contributed by atoms with Gasteiger partial charge in [0.25, 0.3) is 0 Å². The highest BCUT2D eigenvalue weighted by Gasteiger charge is 2.19. The predicted octanol–water partition coefficient (Wildman–Crippen LogP) is 17.6. The van der Waals surface area contributed by atoms with Crippen molar-refractivity contribution in [3.63, 3.8) is 0 Å². The van der Waals surface area contributed by atoms with E-state index in [0.29, 0.717) is 25.7 Å². The molecule has 0 bridgehead atoms. The van der Waals surface area contributed by atoms with E-state index in [1.807, 2.05) is 0 Å². The number of ether oxygens (including phenoxy) is 3. The van der Waals surface area contributed by atoms with Crippen LogP contribution in [0.15, 0.2) is 60.8 Å². The first kappa shape index (κ1) is 60.1. The summed E-state index contributed by atoms with van der Waals surface area (Å²) < 4.78 is 16.7. The number of carbonyl (C=O) groups is 3. The van der Waals surface area contributed by atoms with E-state index in [-0.39, 0.29) is 31.1 Å². The van der Waals surface area contributed by atoms with Crippen molar-refractivity contribution in [2.24, 2.45) is 0 Å². The standard InChI is InChI=1S/C57H100O6/c1-4-7-10-13-16-19-21-23-25-27-29-31-33-35-38-41-44-47-50-56(59)62-53-54(52-61-55(58)49-46-43-40-37-18-15-12-9-6-3)63-57(60)51-48-45-42-39-36-34-32-30-28-26-24-22-20-17-14-11-8-5-2/h16,19,21,23,25,27,29,31,37,40,54H,4-15,17-18,20,22,24,26,28,30,32-36,38-39,41-53H2,1-3H3/b19-16-,23-21-,27-25-,31-29-,40-37-. The van der Waals surface area contributed by atoms with Crippen molar-refractivity contribution >= 4 is 17.9 Å². The molecule has 0 fully saturated rings. The lowest BCUT2D eigenvalue weighted by Crippen LogP contribution is -2.30. The van der Waals surface area contributed by atoms with Crippen LogP contribution in [0.2, 0.25) is 0 Å². The number of rotatable bonds is 48. The van der Waals surface area contributed by atoms with Crippen molar-refractivity contribution in [3.05, 3.63) is 60.8 Å². The van der Waals surface area contributed by atoms with Crippen molar-refractivity contribution in [3.8, 4) is 0 Å². The van der Waals surface area contributed by atoms with Gasteiger partial charge >= 0.3 is 17.9 Å². The molecule has 1 atom stereocenters. The molecule has 0 aromatic rings. The Balaban J connectivity index is 4.35. The fraction of sp³-hybridized carbons (Fsp3) is 0.772. The van der Waals surface area contributed by atoms with Crippen LogP contribution in [0.25, 0.3) is 0 Å². The molecule has 6 heteroatoms. The summed E-state index contributed by atoms with van der Waals surface area (Å²) in [5.74, 6) is -0.942. The van der Waals surface area contributed by atoms with Crippen LogP contribution < -0.4 is 0 Å². The number of carbonyl (C=O) groups excluding carboxylic acids is 3. The Morgan fingerprint density at radius 3 is 1.05 bits per heavy atom. The van der Waals surface area contributed by atoms with Gasteiger partial charge in [-0.05, 0) is 64.2 Å². The van der Waals surface area contributed by atoms with Gasteiger partial charge in [0.1, 0.15) is 13.2 Å². The van der Waals surface area contributed by atoms with E-state index in [0.717, 1.165) is 77.0 Å². The van der Waals surface area contributed by atoms with Crippen LogP contribution in [0.3, 0.4) is 0 Å². The molecular weight excluding hydrogens is 781 g/mol. The molecule has 1 unspecified atom stereocenters. The maximum absolute atomic E-state index is 12.8. The first-order valence-corrected chi connectivity index (χ1v) is 26.8. The third-order valence-corrected chi connectivity index (χ3v) is 11.6. The summed E-state index contributed by atoms with van der Waals surface area (Å²) in [6.45, 7) is 6.54. The lowest BCUT2D eigenvalue weighted by molar-refractivity contribution is -0.167. The van der Waals surface area contributed by atoms with Gasteiger partial charge in [-0.15, -0.1) is 0 Å². The van der Waals surface area contributed by atoms with Gasteiger partial charge in [-0.1, -0.05) is 242 Å². The van der Waals surface area contributed by atoms with Gasteiger partial charge in [-0.2, -0.15) is 0 Å². The van der Waals surface area contributed by atoms with Gasteiger partial charge in [0.15, 0.2) is 6.10 Å². The molecule has 0 aliphatic carbocycles. The first-order valence-electron chi connectivity index (χ1n) is 26.8. The normalized spacial score (nSPS) is 12.5. The Labute approximate surface area is 390 Å². The number of allylic oxidation sites excluding steroid dienone is 10. The third-order valence-electron chi connectivity index (χ3n) is 11.6. The molecule has 364 valence electrons. The summed E-state index contributed by atoms with van der Waals surface area (Å²) in [6.07, 6.45) is 63.6. The monoisotopic (exact) mass is 881 g/mol. The molecule has 0 aromatic heterocycles. The highest BCUT2D eigenvalue weighted by Crippen LogP contribution is 2.16. The molecule has 0 N–H and O–H groups in total. The molecule has 0 spiro atoms. The maximum Gasteiger partial charge on any atom is 0.306 e.